The smallest absolute Gasteiger partial charge is 0.157 e. The number of hydrogen-bond donors (Lipinski definition) is 0. The summed E-state index contributed by atoms with van der Waals surface area (Å²) in [5.74, 6) is 0. The Morgan fingerprint density at radius 3 is 2.90 bits per heavy atom. The Labute approximate surface area is 62.5 Å². The van der Waals surface area contributed by atoms with E-state index in [-0.39, 0.29) is 12.4 Å². The highest BCUT2D eigenvalue weighted by molar-refractivity contribution is 4.64. The Kier molecular flexibility index (Phi) is 3.16. The van der Waals surface area contributed by atoms with E-state index < -0.39 is 0 Å². The average Bonchev–Trinajstić information content (AvgIpc) is 2.37. The lowest BCUT2D eigenvalue weighted by Crippen LogP contribution is -2.10. The molecule has 1 aliphatic rings. The van der Waals surface area contributed by atoms with E-state index in [1.165, 1.54) is 0 Å². The number of ether oxygens (including phenoxy) is 2. The third kappa shape index (κ3) is 1.96. The van der Waals surface area contributed by atoms with Crippen molar-refractivity contribution in [2.45, 2.75) is 38.6 Å². The molecule has 2 heteroatoms. The molecule has 0 bridgehead atoms. The van der Waals surface area contributed by atoms with Crippen LogP contribution in [0.3, 0.4) is 0 Å². The fourth-order valence-corrected chi connectivity index (χ4v) is 1.06. The van der Waals surface area contributed by atoms with Gasteiger partial charge in [-0.3, -0.25) is 0 Å². The molecule has 1 aliphatic heterocycles. The van der Waals surface area contributed by atoms with Gasteiger partial charge in [-0.2, -0.15) is 0 Å². The van der Waals surface area contributed by atoms with Gasteiger partial charge < -0.3 is 9.47 Å². The van der Waals surface area contributed by atoms with Crippen LogP contribution in [0, 0.1) is 6.92 Å². The Morgan fingerprint density at radius 1 is 1.60 bits per heavy atom. The van der Waals surface area contributed by atoms with E-state index in [0.29, 0.717) is 6.42 Å². The largest absolute Gasteiger partial charge is 0.350 e. The molecule has 0 saturated carbocycles. The first-order valence-corrected chi connectivity index (χ1v) is 3.84. The quantitative estimate of drug-likeness (QED) is 0.596. The van der Waals surface area contributed by atoms with Crippen LogP contribution in [0.15, 0.2) is 0 Å². The van der Waals surface area contributed by atoms with Crippen molar-refractivity contribution < 1.29 is 9.47 Å². The first-order chi connectivity index (χ1) is 4.86. The van der Waals surface area contributed by atoms with Crippen LogP contribution in [-0.4, -0.2) is 19.0 Å². The van der Waals surface area contributed by atoms with Crippen molar-refractivity contribution in [1.82, 2.24) is 0 Å². The van der Waals surface area contributed by atoms with Gasteiger partial charge in [0.2, 0.25) is 0 Å². The minimum atomic E-state index is 0.0246. The van der Waals surface area contributed by atoms with Gasteiger partial charge in [-0.1, -0.05) is 6.92 Å². The lowest BCUT2D eigenvalue weighted by molar-refractivity contribution is -0.0594. The van der Waals surface area contributed by atoms with Gasteiger partial charge in [0.05, 0.1) is 12.7 Å². The standard InChI is InChI=1S/C8H14O2/c1-3-5-7-6-9-8(4-2)10-7/h1,7-8H,3-6H2,2H3. The first kappa shape index (κ1) is 8.02. The summed E-state index contributed by atoms with van der Waals surface area (Å²) in [6.45, 7) is 8.13. The molecule has 0 aromatic heterocycles. The Bertz CT molecular complexity index is 93.3. The Hall–Kier alpha value is -0.0800. The zero-order valence-electron chi connectivity index (χ0n) is 6.38. The second-order valence-electron chi connectivity index (χ2n) is 2.51. The minimum Gasteiger partial charge on any atom is -0.350 e. The van der Waals surface area contributed by atoms with Crippen LogP contribution in [0.1, 0.15) is 26.2 Å². The summed E-state index contributed by atoms with van der Waals surface area (Å²) in [4.78, 5) is 0. The normalized spacial score (nSPS) is 33.0. The van der Waals surface area contributed by atoms with Crippen molar-refractivity contribution in [3.05, 3.63) is 6.92 Å². The van der Waals surface area contributed by atoms with Gasteiger partial charge in [0.1, 0.15) is 0 Å². The van der Waals surface area contributed by atoms with Crippen LogP contribution >= 0.6 is 0 Å². The van der Waals surface area contributed by atoms with E-state index in [2.05, 4.69) is 6.92 Å². The van der Waals surface area contributed by atoms with Gasteiger partial charge in [0.25, 0.3) is 0 Å². The summed E-state index contributed by atoms with van der Waals surface area (Å²) in [5.41, 5.74) is 0. The summed E-state index contributed by atoms with van der Waals surface area (Å²) in [7, 11) is 0. The maximum absolute atomic E-state index is 5.45. The van der Waals surface area contributed by atoms with Crippen LogP contribution in [0.2, 0.25) is 0 Å². The SMILES string of the molecule is [CH]CCC1COC(CC)O1. The molecule has 1 saturated heterocycles. The van der Waals surface area contributed by atoms with Crippen LogP contribution in [0.5, 0.6) is 0 Å². The summed E-state index contributed by atoms with van der Waals surface area (Å²) in [6.07, 6.45) is 2.80. The fraction of sp³-hybridized carbons (Fsp3) is 0.875. The molecule has 0 aromatic rings. The van der Waals surface area contributed by atoms with Crippen LogP contribution in [-0.2, 0) is 9.47 Å². The van der Waals surface area contributed by atoms with Crippen molar-refractivity contribution >= 4 is 0 Å². The summed E-state index contributed by atoms with van der Waals surface area (Å²) in [5, 5.41) is 0. The molecule has 2 nitrogen and oxygen atoms in total. The minimum absolute atomic E-state index is 0.0246. The van der Waals surface area contributed by atoms with E-state index in [1.807, 2.05) is 0 Å². The molecule has 0 N–H and O–H groups in total. The van der Waals surface area contributed by atoms with Gasteiger partial charge in [-0.25, -0.2) is 0 Å². The molecule has 0 spiro atoms. The highest BCUT2D eigenvalue weighted by Gasteiger charge is 2.22. The monoisotopic (exact) mass is 142 g/mol. The highest BCUT2D eigenvalue weighted by atomic mass is 16.7. The van der Waals surface area contributed by atoms with Crippen molar-refractivity contribution in [2.24, 2.45) is 0 Å². The van der Waals surface area contributed by atoms with Gasteiger partial charge >= 0.3 is 0 Å². The molecule has 10 heavy (non-hydrogen) atoms. The van der Waals surface area contributed by atoms with Crippen molar-refractivity contribution in [1.29, 1.82) is 0 Å². The van der Waals surface area contributed by atoms with Gasteiger partial charge in [0.15, 0.2) is 6.29 Å². The van der Waals surface area contributed by atoms with E-state index >= 15 is 0 Å². The average molecular weight is 142 g/mol. The maximum atomic E-state index is 5.45. The molecule has 1 rings (SSSR count). The van der Waals surface area contributed by atoms with Gasteiger partial charge in [-0.15, -0.1) is 0 Å². The molecule has 0 aromatic carbocycles. The molecule has 0 amide bonds. The predicted octanol–water partition coefficient (Wildman–Crippen LogP) is 1.63. The van der Waals surface area contributed by atoms with Crippen LogP contribution in [0.25, 0.3) is 0 Å². The third-order valence-corrected chi connectivity index (χ3v) is 1.63. The lowest BCUT2D eigenvalue weighted by atomic mass is 10.2. The van der Waals surface area contributed by atoms with E-state index in [4.69, 9.17) is 16.4 Å². The predicted molar refractivity (Wildman–Crippen MR) is 38.4 cm³/mol. The van der Waals surface area contributed by atoms with Crippen LogP contribution < -0.4 is 0 Å². The molecule has 0 aliphatic carbocycles. The topological polar surface area (TPSA) is 18.5 Å². The Balaban J connectivity index is 2.15. The molecular formula is C8H14O2. The molecule has 1 fully saturated rings. The maximum Gasteiger partial charge on any atom is 0.157 e. The van der Waals surface area contributed by atoms with E-state index in [9.17, 15) is 0 Å². The first-order valence-electron chi connectivity index (χ1n) is 3.84. The van der Waals surface area contributed by atoms with Gasteiger partial charge in [0, 0.05) is 0 Å². The molecule has 1 heterocycles. The number of hydrogen-bond acceptors (Lipinski definition) is 2. The van der Waals surface area contributed by atoms with Crippen molar-refractivity contribution in [3.63, 3.8) is 0 Å². The fourth-order valence-electron chi connectivity index (χ4n) is 1.06. The second-order valence-corrected chi connectivity index (χ2v) is 2.51. The van der Waals surface area contributed by atoms with Gasteiger partial charge in [-0.05, 0) is 26.2 Å². The zero-order chi connectivity index (χ0) is 7.40. The molecule has 58 valence electrons. The summed E-state index contributed by atoms with van der Waals surface area (Å²) >= 11 is 0. The molecule has 2 unspecified atom stereocenters. The third-order valence-electron chi connectivity index (χ3n) is 1.63. The second kappa shape index (κ2) is 3.94. The Morgan fingerprint density at radius 2 is 2.40 bits per heavy atom. The molecular weight excluding hydrogens is 128 g/mol. The highest BCUT2D eigenvalue weighted by Crippen LogP contribution is 2.17. The van der Waals surface area contributed by atoms with E-state index in [0.717, 1.165) is 19.4 Å². The van der Waals surface area contributed by atoms with Crippen molar-refractivity contribution in [2.75, 3.05) is 6.61 Å². The molecule has 2 atom stereocenters. The van der Waals surface area contributed by atoms with E-state index in [1.54, 1.807) is 0 Å². The number of rotatable bonds is 3. The summed E-state index contributed by atoms with van der Waals surface area (Å²) < 4.78 is 10.7. The van der Waals surface area contributed by atoms with Crippen LogP contribution in [0.4, 0.5) is 0 Å². The van der Waals surface area contributed by atoms with Crippen molar-refractivity contribution in [3.8, 4) is 0 Å². The molecule has 2 radical (unpaired) electrons. The summed E-state index contributed by atoms with van der Waals surface area (Å²) in [6, 6.07) is 0. The zero-order valence-corrected chi connectivity index (χ0v) is 6.38. The lowest BCUT2D eigenvalue weighted by Gasteiger charge is -2.07.